The summed E-state index contributed by atoms with van der Waals surface area (Å²) in [5, 5.41) is 11.7. The minimum Gasteiger partial charge on any atom is -0.480 e. The summed E-state index contributed by atoms with van der Waals surface area (Å²) in [5.74, 6) is -1.32. The molecule has 1 amide bonds. The molecule has 4 heteroatoms. The van der Waals surface area contributed by atoms with Crippen LogP contribution in [0.3, 0.4) is 0 Å². The van der Waals surface area contributed by atoms with E-state index < -0.39 is 12.0 Å². The number of rotatable bonds is 6. The monoisotopic (exact) mass is 291 g/mol. The minimum absolute atomic E-state index is 0.0275. The van der Waals surface area contributed by atoms with Crippen molar-refractivity contribution in [2.75, 3.05) is 0 Å². The Bertz CT molecular complexity index is 486. The van der Waals surface area contributed by atoms with E-state index in [2.05, 4.69) is 26.1 Å². The number of amides is 1. The molecular weight excluding hydrogens is 266 g/mol. The molecule has 2 N–H and O–H groups in total. The summed E-state index contributed by atoms with van der Waals surface area (Å²) < 4.78 is 0. The predicted molar refractivity (Wildman–Crippen MR) is 83.6 cm³/mol. The van der Waals surface area contributed by atoms with E-state index in [0.29, 0.717) is 12.0 Å². The molecule has 116 valence electrons. The quantitative estimate of drug-likeness (QED) is 0.844. The average Bonchev–Trinajstić information content (AvgIpc) is 2.42. The Balaban J connectivity index is 2.76. The third-order valence-corrected chi connectivity index (χ3v) is 3.46. The maximum Gasteiger partial charge on any atom is 0.326 e. The van der Waals surface area contributed by atoms with Crippen LogP contribution in [0, 0.1) is 0 Å². The highest BCUT2D eigenvalue weighted by molar-refractivity contribution is 5.96. The van der Waals surface area contributed by atoms with Gasteiger partial charge in [0, 0.05) is 5.56 Å². The van der Waals surface area contributed by atoms with E-state index in [9.17, 15) is 9.59 Å². The summed E-state index contributed by atoms with van der Waals surface area (Å²) in [6, 6.07) is 6.50. The second-order valence-corrected chi connectivity index (χ2v) is 6.33. The van der Waals surface area contributed by atoms with Crippen LogP contribution in [0.5, 0.6) is 0 Å². The predicted octanol–water partition coefficient (Wildman–Crippen LogP) is 3.36. The zero-order chi connectivity index (χ0) is 16.0. The molecule has 4 nitrogen and oxygen atoms in total. The Morgan fingerprint density at radius 3 is 2.19 bits per heavy atom. The molecule has 0 bridgehead atoms. The zero-order valence-electron chi connectivity index (χ0n) is 13.3. The van der Waals surface area contributed by atoms with E-state index >= 15 is 0 Å². The fraction of sp³-hybridized carbons (Fsp3) is 0.529. The number of aliphatic carboxylic acids is 1. The van der Waals surface area contributed by atoms with Gasteiger partial charge in [-0.25, -0.2) is 4.79 Å². The van der Waals surface area contributed by atoms with Gasteiger partial charge in [0.05, 0.1) is 0 Å². The van der Waals surface area contributed by atoms with Crippen molar-refractivity contribution in [3.8, 4) is 0 Å². The molecule has 0 radical (unpaired) electrons. The van der Waals surface area contributed by atoms with Crippen LogP contribution in [0.1, 0.15) is 62.9 Å². The van der Waals surface area contributed by atoms with Gasteiger partial charge in [0.15, 0.2) is 0 Å². The molecule has 0 aliphatic rings. The molecule has 0 aliphatic carbocycles. The molecule has 1 aromatic rings. The van der Waals surface area contributed by atoms with Crippen molar-refractivity contribution in [1.82, 2.24) is 5.32 Å². The van der Waals surface area contributed by atoms with Gasteiger partial charge >= 0.3 is 5.97 Å². The summed E-state index contributed by atoms with van der Waals surface area (Å²) in [5.41, 5.74) is 1.66. The summed E-state index contributed by atoms with van der Waals surface area (Å²) in [4.78, 5) is 23.3. The van der Waals surface area contributed by atoms with Crippen LogP contribution in [0.2, 0.25) is 0 Å². The molecular formula is C17H25NO3. The Labute approximate surface area is 126 Å². The van der Waals surface area contributed by atoms with Gasteiger partial charge in [0.25, 0.3) is 5.91 Å². The Morgan fingerprint density at radius 2 is 1.76 bits per heavy atom. The zero-order valence-corrected chi connectivity index (χ0v) is 13.3. The first-order chi connectivity index (χ1) is 9.75. The normalized spacial score (nSPS) is 12.8. The minimum atomic E-state index is -0.983. The highest BCUT2D eigenvalue weighted by atomic mass is 16.4. The second-order valence-electron chi connectivity index (χ2n) is 6.33. The molecule has 0 unspecified atom stereocenters. The number of carbonyl (C=O) groups is 2. The molecule has 0 aromatic heterocycles. The Hall–Kier alpha value is -1.84. The average molecular weight is 291 g/mol. The Kier molecular flexibility index (Phi) is 5.94. The van der Waals surface area contributed by atoms with Crippen LogP contribution < -0.4 is 5.32 Å². The highest BCUT2D eigenvalue weighted by Crippen LogP contribution is 2.22. The lowest BCUT2D eigenvalue weighted by atomic mass is 9.86. The van der Waals surface area contributed by atoms with Crippen molar-refractivity contribution in [2.45, 2.75) is 58.4 Å². The molecule has 0 heterocycles. The standard InChI is InChI=1S/C17H25NO3/c1-5-6-7-14(16(20)21)18-15(19)12-8-10-13(11-9-12)17(2,3)4/h8-11,14H,5-7H2,1-4H3,(H,18,19)(H,20,21)/t14-/m1/s1. The molecule has 0 spiro atoms. The van der Waals surface area contributed by atoms with Gasteiger partial charge in [-0.3, -0.25) is 4.79 Å². The number of unbranched alkanes of at least 4 members (excludes halogenated alkanes) is 1. The molecule has 21 heavy (non-hydrogen) atoms. The van der Waals surface area contributed by atoms with Crippen LogP contribution >= 0.6 is 0 Å². The molecule has 1 aromatic carbocycles. The maximum atomic E-state index is 12.1. The number of hydrogen-bond acceptors (Lipinski definition) is 2. The number of nitrogens with one attached hydrogen (secondary N) is 1. The first-order valence-electron chi connectivity index (χ1n) is 7.40. The van der Waals surface area contributed by atoms with Gasteiger partial charge in [0.2, 0.25) is 0 Å². The number of carboxylic acid groups (broad SMARTS) is 1. The largest absolute Gasteiger partial charge is 0.480 e. The fourth-order valence-electron chi connectivity index (χ4n) is 2.03. The van der Waals surface area contributed by atoms with Crippen molar-refractivity contribution in [1.29, 1.82) is 0 Å². The van der Waals surface area contributed by atoms with E-state index in [1.54, 1.807) is 12.1 Å². The van der Waals surface area contributed by atoms with E-state index in [1.807, 2.05) is 19.1 Å². The van der Waals surface area contributed by atoms with E-state index in [0.717, 1.165) is 18.4 Å². The van der Waals surface area contributed by atoms with Crippen molar-refractivity contribution in [3.05, 3.63) is 35.4 Å². The van der Waals surface area contributed by atoms with E-state index in [-0.39, 0.29) is 11.3 Å². The second kappa shape index (κ2) is 7.25. The van der Waals surface area contributed by atoms with Crippen molar-refractivity contribution in [3.63, 3.8) is 0 Å². The van der Waals surface area contributed by atoms with Gasteiger partial charge in [-0.2, -0.15) is 0 Å². The van der Waals surface area contributed by atoms with Crippen molar-refractivity contribution >= 4 is 11.9 Å². The van der Waals surface area contributed by atoms with Gasteiger partial charge < -0.3 is 10.4 Å². The lowest BCUT2D eigenvalue weighted by molar-refractivity contribution is -0.139. The molecule has 0 saturated heterocycles. The smallest absolute Gasteiger partial charge is 0.326 e. The van der Waals surface area contributed by atoms with Crippen molar-refractivity contribution < 1.29 is 14.7 Å². The number of benzene rings is 1. The molecule has 0 saturated carbocycles. The molecule has 0 aliphatic heterocycles. The van der Waals surface area contributed by atoms with Gasteiger partial charge in [-0.05, 0) is 29.5 Å². The third-order valence-electron chi connectivity index (χ3n) is 3.46. The summed E-state index contributed by atoms with van der Waals surface area (Å²) in [7, 11) is 0. The number of carbonyl (C=O) groups excluding carboxylic acids is 1. The van der Waals surface area contributed by atoms with Gasteiger partial charge in [0.1, 0.15) is 6.04 Å². The number of hydrogen-bond donors (Lipinski definition) is 2. The topological polar surface area (TPSA) is 66.4 Å². The van der Waals surface area contributed by atoms with Crippen LogP contribution in [0.25, 0.3) is 0 Å². The van der Waals surface area contributed by atoms with Crippen molar-refractivity contribution in [2.24, 2.45) is 0 Å². The lowest BCUT2D eigenvalue weighted by Crippen LogP contribution is -2.40. The first kappa shape index (κ1) is 17.2. The summed E-state index contributed by atoms with van der Waals surface area (Å²) >= 11 is 0. The SMILES string of the molecule is CCCC[C@@H](NC(=O)c1ccc(C(C)(C)C)cc1)C(=O)O. The summed E-state index contributed by atoms with van der Waals surface area (Å²) in [6.45, 7) is 8.31. The number of carboxylic acids is 1. The molecule has 1 atom stereocenters. The maximum absolute atomic E-state index is 12.1. The fourth-order valence-corrected chi connectivity index (χ4v) is 2.03. The summed E-state index contributed by atoms with van der Waals surface area (Å²) in [6.07, 6.45) is 2.14. The Morgan fingerprint density at radius 1 is 1.19 bits per heavy atom. The van der Waals surface area contributed by atoms with Gasteiger partial charge in [-0.15, -0.1) is 0 Å². The van der Waals surface area contributed by atoms with E-state index in [4.69, 9.17) is 5.11 Å². The highest BCUT2D eigenvalue weighted by Gasteiger charge is 2.20. The first-order valence-corrected chi connectivity index (χ1v) is 7.40. The van der Waals surface area contributed by atoms with Crippen LogP contribution in [0.4, 0.5) is 0 Å². The van der Waals surface area contributed by atoms with Crippen LogP contribution in [-0.4, -0.2) is 23.0 Å². The van der Waals surface area contributed by atoms with E-state index in [1.165, 1.54) is 0 Å². The van der Waals surface area contributed by atoms with Crippen LogP contribution in [0.15, 0.2) is 24.3 Å². The molecule has 1 rings (SSSR count). The van der Waals surface area contributed by atoms with Gasteiger partial charge in [-0.1, -0.05) is 52.7 Å². The molecule has 0 fully saturated rings. The lowest BCUT2D eigenvalue weighted by Gasteiger charge is -2.19. The third kappa shape index (κ3) is 5.21. The van der Waals surface area contributed by atoms with Crippen LogP contribution in [-0.2, 0) is 10.2 Å².